The van der Waals surface area contributed by atoms with Gasteiger partial charge in [-0.15, -0.1) is 0 Å². The maximum absolute atomic E-state index is 13.0. The number of benzene rings is 1. The third-order valence-electron chi connectivity index (χ3n) is 6.36. The highest BCUT2D eigenvalue weighted by Gasteiger charge is 2.47. The molecule has 132 valence electrons. The summed E-state index contributed by atoms with van der Waals surface area (Å²) in [6, 6.07) is 2.74. The van der Waals surface area contributed by atoms with Gasteiger partial charge < -0.3 is 15.3 Å². The first-order valence-corrected chi connectivity index (χ1v) is 8.90. The first kappa shape index (κ1) is 16.2. The summed E-state index contributed by atoms with van der Waals surface area (Å²) in [6.45, 7) is 1.62. The van der Waals surface area contributed by atoms with Gasteiger partial charge in [0.15, 0.2) is 5.78 Å². The lowest BCUT2D eigenvalue weighted by atomic mass is 9.59. The minimum atomic E-state index is -0.184. The normalized spacial score (nSPS) is 31.2. The van der Waals surface area contributed by atoms with Gasteiger partial charge in [-0.3, -0.25) is 9.59 Å². The van der Waals surface area contributed by atoms with Gasteiger partial charge in [-0.2, -0.15) is 0 Å². The topological polar surface area (TPSA) is 94.8 Å². The third kappa shape index (κ3) is 2.36. The fraction of sp³-hybridized carbons (Fsp3) is 0.500. The molecule has 0 aliphatic heterocycles. The monoisotopic (exact) mass is 342 g/mol. The number of phenols is 2. The Morgan fingerprint density at radius 1 is 1.08 bits per heavy atom. The summed E-state index contributed by atoms with van der Waals surface area (Å²) in [5.41, 5.74) is 1.09. The van der Waals surface area contributed by atoms with E-state index in [1.807, 2.05) is 0 Å². The maximum atomic E-state index is 13.0. The van der Waals surface area contributed by atoms with Gasteiger partial charge >= 0.3 is 0 Å². The van der Waals surface area contributed by atoms with Gasteiger partial charge in [0.1, 0.15) is 23.0 Å². The summed E-state index contributed by atoms with van der Waals surface area (Å²) in [5, 5.41) is 30.9. The Balaban J connectivity index is 1.75. The Morgan fingerprint density at radius 2 is 1.80 bits per heavy atom. The lowest BCUT2D eigenvalue weighted by Gasteiger charge is -2.43. The molecule has 3 aliphatic rings. The van der Waals surface area contributed by atoms with Crippen molar-refractivity contribution in [2.24, 2.45) is 23.7 Å². The molecule has 25 heavy (non-hydrogen) atoms. The molecule has 0 amide bonds. The SMILES string of the molecule is CC(=O)C1CCC2C(=O)C3=C(O)c4c(O)ccc(O)c4CC3CC2C1. The van der Waals surface area contributed by atoms with Crippen LogP contribution in [0.3, 0.4) is 0 Å². The molecular formula is C20H22O5. The molecule has 0 saturated heterocycles. The van der Waals surface area contributed by atoms with Crippen LogP contribution in [0.4, 0.5) is 0 Å². The van der Waals surface area contributed by atoms with Crippen LogP contribution in [0.15, 0.2) is 17.7 Å². The van der Waals surface area contributed by atoms with Crippen LogP contribution in [0.1, 0.15) is 43.7 Å². The molecule has 3 N–H and O–H groups in total. The average molecular weight is 342 g/mol. The van der Waals surface area contributed by atoms with E-state index in [0.29, 0.717) is 24.0 Å². The van der Waals surface area contributed by atoms with Crippen molar-refractivity contribution in [2.75, 3.05) is 0 Å². The summed E-state index contributed by atoms with van der Waals surface area (Å²) in [5.74, 6) is -0.272. The van der Waals surface area contributed by atoms with Gasteiger partial charge in [-0.1, -0.05) is 0 Å². The number of hydrogen-bond acceptors (Lipinski definition) is 5. The Hall–Kier alpha value is -2.30. The van der Waals surface area contributed by atoms with E-state index >= 15 is 0 Å². The van der Waals surface area contributed by atoms with Gasteiger partial charge in [-0.05, 0) is 63.0 Å². The number of carbonyl (C=O) groups excluding carboxylic acids is 2. The van der Waals surface area contributed by atoms with Crippen LogP contribution < -0.4 is 0 Å². The summed E-state index contributed by atoms with van der Waals surface area (Å²) in [7, 11) is 0. The van der Waals surface area contributed by atoms with Gasteiger partial charge in [0.25, 0.3) is 0 Å². The molecule has 4 atom stereocenters. The minimum absolute atomic E-state index is 0.0261. The van der Waals surface area contributed by atoms with Crippen molar-refractivity contribution in [3.8, 4) is 11.5 Å². The van der Waals surface area contributed by atoms with Crippen molar-refractivity contribution >= 4 is 17.3 Å². The Bertz CT molecular complexity index is 807. The smallest absolute Gasteiger partial charge is 0.166 e. The van der Waals surface area contributed by atoms with Gasteiger partial charge in [0.05, 0.1) is 5.56 Å². The number of rotatable bonds is 1. The van der Waals surface area contributed by atoms with E-state index in [2.05, 4.69) is 0 Å². The number of aliphatic hydroxyl groups is 1. The molecule has 3 aliphatic carbocycles. The highest BCUT2D eigenvalue weighted by molar-refractivity contribution is 6.05. The number of hydrogen-bond donors (Lipinski definition) is 3. The Kier molecular flexibility index (Phi) is 3.63. The Labute approximate surface area is 146 Å². The van der Waals surface area contributed by atoms with E-state index in [9.17, 15) is 24.9 Å². The van der Waals surface area contributed by atoms with Crippen LogP contribution in [0.5, 0.6) is 11.5 Å². The molecule has 2 saturated carbocycles. The number of allylic oxidation sites excluding steroid dienone is 1. The van der Waals surface area contributed by atoms with E-state index in [-0.39, 0.29) is 58.1 Å². The maximum Gasteiger partial charge on any atom is 0.166 e. The molecule has 0 radical (unpaired) electrons. The number of aromatic hydroxyl groups is 2. The predicted molar refractivity (Wildman–Crippen MR) is 91.1 cm³/mol. The second-order valence-corrected chi connectivity index (χ2v) is 7.71. The number of phenolic OH excluding ortho intramolecular Hbond substituents is 2. The molecule has 1 aromatic carbocycles. The largest absolute Gasteiger partial charge is 0.508 e. The van der Waals surface area contributed by atoms with Gasteiger partial charge in [0, 0.05) is 23.0 Å². The second-order valence-electron chi connectivity index (χ2n) is 7.71. The van der Waals surface area contributed by atoms with Crippen molar-refractivity contribution in [2.45, 2.75) is 39.0 Å². The molecular weight excluding hydrogens is 320 g/mol. The van der Waals surface area contributed by atoms with Crippen LogP contribution in [0.2, 0.25) is 0 Å². The third-order valence-corrected chi connectivity index (χ3v) is 6.36. The van der Waals surface area contributed by atoms with Crippen LogP contribution >= 0.6 is 0 Å². The Morgan fingerprint density at radius 3 is 2.52 bits per heavy atom. The first-order chi connectivity index (χ1) is 11.9. The van der Waals surface area contributed by atoms with E-state index in [1.165, 1.54) is 12.1 Å². The van der Waals surface area contributed by atoms with Crippen molar-refractivity contribution < 1.29 is 24.9 Å². The van der Waals surface area contributed by atoms with Gasteiger partial charge in [-0.25, -0.2) is 0 Å². The zero-order valence-electron chi connectivity index (χ0n) is 14.2. The van der Waals surface area contributed by atoms with Crippen LogP contribution in [-0.4, -0.2) is 26.9 Å². The van der Waals surface area contributed by atoms with E-state index in [4.69, 9.17) is 0 Å². The summed E-state index contributed by atoms with van der Waals surface area (Å²) in [6.07, 6.45) is 3.29. The highest BCUT2D eigenvalue weighted by atomic mass is 16.3. The average Bonchev–Trinajstić information content (AvgIpc) is 2.57. The lowest BCUT2D eigenvalue weighted by Crippen LogP contribution is -2.42. The molecule has 2 fully saturated rings. The molecule has 0 spiro atoms. The zero-order valence-corrected chi connectivity index (χ0v) is 14.2. The van der Waals surface area contributed by atoms with Gasteiger partial charge in [0.2, 0.25) is 0 Å². The van der Waals surface area contributed by atoms with E-state index in [0.717, 1.165) is 19.3 Å². The molecule has 0 heterocycles. The predicted octanol–water partition coefficient (Wildman–Crippen LogP) is 3.13. The number of carbonyl (C=O) groups is 2. The molecule has 5 heteroatoms. The molecule has 0 aromatic heterocycles. The summed E-state index contributed by atoms with van der Waals surface area (Å²) >= 11 is 0. The second kappa shape index (κ2) is 5.61. The summed E-state index contributed by atoms with van der Waals surface area (Å²) in [4.78, 5) is 24.8. The molecule has 4 unspecified atom stereocenters. The van der Waals surface area contributed by atoms with Crippen molar-refractivity contribution in [1.82, 2.24) is 0 Å². The molecule has 4 rings (SSSR count). The number of ketones is 2. The van der Waals surface area contributed by atoms with Crippen molar-refractivity contribution in [3.05, 3.63) is 28.8 Å². The lowest BCUT2D eigenvalue weighted by molar-refractivity contribution is -0.129. The molecule has 0 bridgehead atoms. The highest BCUT2D eigenvalue weighted by Crippen LogP contribution is 2.51. The fourth-order valence-corrected chi connectivity index (χ4v) is 5.09. The number of fused-ring (bicyclic) bond motifs is 3. The molecule has 1 aromatic rings. The van der Waals surface area contributed by atoms with Crippen molar-refractivity contribution in [3.63, 3.8) is 0 Å². The quantitative estimate of drug-likeness (QED) is 0.682. The van der Waals surface area contributed by atoms with Crippen LogP contribution in [0.25, 0.3) is 5.76 Å². The standard InChI is InChI=1S/C20H22O5/c1-9(21)10-2-3-13-11(6-10)7-12-8-14-15(22)4-5-16(23)18(14)20(25)17(12)19(13)24/h4-5,10-13,22-23,25H,2-3,6-8H2,1H3. The minimum Gasteiger partial charge on any atom is -0.508 e. The molecule has 5 nitrogen and oxygen atoms in total. The first-order valence-electron chi connectivity index (χ1n) is 8.90. The van der Waals surface area contributed by atoms with Crippen molar-refractivity contribution in [1.29, 1.82) is 0 Å². The number of Topliss-reactive ketones (excluding diaryl/α,β-unsaturated/α-hetero) is 2. The van der Waals surface area contributed by atoms with E-state index < -0.39 is 0 Å². The number of aliphatic hydroxyl groups excluding tert-OH is 1. The van der Waals surface area contributed by atoms with Crippen LogP contribution in [0, 0.1) is 23.7 Å². The van der Waals surface area contributed by atoms with E-state index in [1.54, 1.807) is 6.92 Å². The van der Waals surface area contributed by atoms with Crippen LogP contribution in [-0.2, 0) is 16.0 Å². The zero-order chi connectivity index (χ0) is 17.9. The summed E-state index contributed by atoms with van der Waals surface area (Å²) < 4.78 is 0. The fourth-order valence-electron chi connectivity index (χ4n) is 5.09.